The third-order valence-electron chi connectivity index (χ3n) is 11.9. The zero-order valence-electron chi connectivity index (χ0n) is 39.9. The molecule has 0 spiro atoms. The Balaban J connectivity index is 3.49. The van der Waals surface area contributed by atoms with E-state index in [1.54, 1.807) is 6.08 Å². The zero-order chi connectivity index (χ0) is 43.7. The van der Waals surface area contributed by atoms with Gasteiger partial charge in [0.2, 0.25) is 5.91 Å². The average molecular weight is 844 g/mol. The first-order valence-corrected chi connectivity index (χ1v) is 26.3. The molecule has 3 N–H and O–H groups in total. The molecule has 0 rings (SSSR count). The highest BCUT2D eigenvalue weighted by Crippen LogP contribution is 2.15. The van der Waals surface area contributed by atoms with Crippen molar-refractivity contribution in [2.75, 3.05) is 13.2 Å². The number of carbonyl (C=O) groups excluding carboxylic acids is 2. The number of ether oxygens (including phenoxy) is 1. The topological polar surface area (TPSA) is 95.9 Å². The van der Waals surface area contributed by atoms with Crippen molar-refractivity contribution in [1.29, 1.82) is 0 Å². The molecule has 0 aliphatic rings. The Hall–Kier alpha value is -1.92. The molecular formula is C54H101NO5. The quantitative estimate of drug-likeness (QED) is 0.0322. The fourth-order valence-corrected chi connectivity index (χ4v) is 7.84. The van der Waals surface area contributed by atoms with Crippen molar-refractivity contribution in [1.82, 2.24) is 5.32 Å². The summed E-state index contributed by atoms with van der Waals surface area (Å²) in [7, 11) is 0. The second-order valence-corrected chi connectivity index (χ2v) is 17.9. The molecule has 0 aromatic heterocycles. The van der Waals surface area contributed by atoms with Gasteiger partial charge in [-0.2, -0.15) is 0 Å². The summed E-state index contributed by atoms with van der Waals surface area (Å²) in [6.07, 6.45) is 59.9. The Bertz CT molecular complexity index is 977. The van der Waals surface area contributed by atoms with E-state index >= 15 is 0 Å². The molecule has 0 saturated carbocycles. The minimum Gasteiger partial charge on any atom is -0.466 e. The standard InChI is InChI=1S/C54H101NO5/c1-3-5-7-9-11-13-15-17-19-20-21-23-28-32-36-40-44-48-54(59)60-49-45-41-37-33-29-25-24-27-31-35-39-43-47-53(58)55-51(50-56)52(57)46-42-38-34-30-26-22-18-16-14-12-10-8-6-4-2/h11,13,17,19,42,46,51-52,56-57H,3-10,12,14-16,18,20-41,43-45,47-50H2,1-2H3,(H,55,58)/b13-11-,19-17-,46-42+. The van der Waals surface area contributed by atoms with Crippen LogP contribution in [0.25, 0.3) is 0 Å². The number of carbonyl (C=O) groups is 2. The highest BCUT2D eigenvalue weighted by molar-refractivity contribution is 5.76. The molecule has 60 heavy (non-hydrogen) atoms. The van der Waals surface area contributed by atoms with Crippen LogP contribution in [-0.4, -0.2) is 47.4 Å². The first-order valence-electron chi connectivity index (χ1n) is 26.3. The van der Waals surface area contributed by atoms with E-state index in [9.17, 15) is 19.8 Å². The summed E-state index contributed by atoms with van der Waals surface area (Å²) in [4.78, 5) is 24.5. The van der Waals surface area contributed by atoms with Crippen LogP contribution in [0.3, 0.4) is 0 Å². The second-order valence-electron chi connectivity index (χ2n) is 17.9. The Labute approximate surface area is 373 Å². The number of aliphatic hydroxyl groups excluding tert-OH is 2. The number of nitrogens with one attached hydrogen (secondary N) is 1. The van der Waals surface area contributed by atoms with Crippen molar-refractivity contribution in [2.24, 2.45) is 0 Å². The van der Waals surface area contributed by atoms with Gasteiger partial charge in [-0.15, -0.1) is 0 Å². The average Bonchev–Trinajstić information content (AvgIpc) is 3.25. The van der Waals surface area contributed by atoms with Gasteiger partial charge in [0.1, 0.15) is 0 Å². The summed E-state index contributed by atoms with van der Waals surface area (Å²) in [6.45, 7) is 4.83. The van der Waals surface area contributed by atoms with Crippen molar-refractivity contribution in [3.8, 4) is 0 Å². The van der Waals surface area contributed by atoms with Gasteiger partial charge in [0.15, 0.2) is 0 Å². The fourth-order valence-electron chi connectivity index (χ4n) is 7.84. The molecule has 2 unspecified atom stereocenters. The maximum atomic E-state index is 12.4. The number of allylic oxidation sites excluding steroid dienone is 5. The van der Waals surface area contributed by atoms with Gasteiger partial charge in [0, 0.05) is 12.8 Å². The second kappa shape index (κ2) is 49.7. The lowest BCUT2D eigenvalue weighted by molar-refractivity contribution is -0.143. The molecule has 0 radical (unpaired) electrons. The van der Waals surface area contributed by atoms with Crippen molar-refractivity contribution in [3.63, 3.8) is 0 Å². The number of aliphatic hydroxyl groups is 2. The largest absolute Gasteiger partial charge is 0.466 e. The van der Waals surface area contributed by atoms with Crippen molar-refractivity contribution in [2.45, 2.75) is 283 Å². The van der Waals surface area contributed by atoms with Crippen LogP contribution in [0.15, 0.2) is 36.5 Å². The zero-order valence-corrected chi connectivity index (χ0v) is 39.9. The molecule has 0 fully saturated rings. The van der Waals surface area contributed by atoms with Crippen molar-refractivity contribution >= 4 is 11.9 Å². The molecule has 0 aliphatic heterocycles. The predicted octanol–water partition coefficient (Wildman–Crippen LogP) is 15.7. The summed E-state index contributed by atoms with van der Waals surface area (Å²) in [6, 6.07) is -0.640. The lowest BCUT2D eigenvalue weighted by Crippen LogP contribution is -2.45. The van der Waals surface area contributed by atoms with E-state index < -0.39 is 12.1 Å². The molecule has 6 heteroatoms. The molecule has 2 atom stereocenters. The maximum absolute atomic E-state index is 12.4. The van der Waals surface area contributed by atoms with E-state index in [-0.39, 0.29) is 18.5 Å². The van der Waals surface area contributed by atoms with Crippen LogP contribution >= 0.6 is 0 Å². The van der Waals surface area contributed by atoms with Gasteiger partial charge in [-0.25, -0.2) is 0 Å². The van der Waals surface area contributed by atoms with E-state index in [0.717, 1.165) is 64.2 Å². The summed E-state index contributed by atoms with van der Waals surface area (Å²) in [5, 5.41) is 23.0. The molecule has 0 saturated heterocycles. The molecule has 0 aromatic carbocycles. The molecule has 0 aromatic rings. The smallest absolute Gasteiger partial charge is 0.305 e. The normalized spacial score (nSPS) is 12.9. The van der Waals surface area contributed by atoms with Gasteiger partial charge in [-0.1, -0.05) is 230 Å². The number of hydrogen-bond donors (Lipinski definition) is 3. The van der Waals surface area contributed by atoms with Crippen molar-refractivity contribution in [3.05, 3.63) is 36.5 Å². The summed E-state index contributed by atoms with van der Waals surface area (Å²) in [5.74, 6) is -0.104. The van der Waals surface area contributed by atoms with Crippen LogP contribution in [0.1, 0.15) is 271 Å². The molecule has 352 valence electrons. The maximum Gasteiger partial charge on any atom is 0.305 e. The van der Waals surface area contributed by atoms with Gasteiger partial charge >= 0.3 is 5.97 Å². The van der Waals surface area contributed by atoms with Crippen LogP contribution in [0.4, 0.5) is 0 Å². The SMILES string of the molecule is CCCCC/C=C\C/C=C\CCCCCCCCCC(=O)OCCCCCCCCCCCCCCC(=O)NC(CO)C(O)/C=C/CCCCCCCCCCCCCC. The minimum absolute atomic E-state index is 0.0190. The highest BCUT2D eigenvalue weighted by Gasteiger charge is 2.18. The van der Waals surface area contributed by atoms with Crippen LogP contribution in [0.5, 0.6) is 0 Å². The van der Waals surface area contributed by atoms with Crippen LogP contribution in [0.2, 0.25) is 0 Å². The Kier molecular flexibility index (Phi) is 48.1. The number of unbranched alkanes of at least 4 members (excludes halogenated alkanes) is 33. The van der Waals surface area contributed by atoms with Crippen LogP contribution in [0, 0.1) is 0 Å². The number of amides is 1. The highest BCUT2D eigenvalue weighted by atomic mass is 16.5. The van der Waals surface area contributed by atoms with E-state index in [0.29, 0.717) is 19.4 Å². The van der Waals surface area contributed by atoms with Crippen LogP contribution in [-0.2, 0) is 14.3 Å². The predicted molar refractivity (Wildman–Crippen MR) is 259 cm³/mol. The first kappa shape index (κ1) is 58.1. The van der Waals surface area contributed by atoms with E-state index in [2.05, 4.69) is 43.5 Å². The number of hydrogen-bond acceptors (Lipinski definition) is 5. The van der Waals surface area contributed by atoms with E-state index in [1.165, 1.54) is 180 Å². The molecule has 0 aliphatic carbocycles. The van der Waals surface area contributed by atoms with Crippen molar-refractivity contribution < 1.29 is 24.5 Å². The number of rotatable bonds is 48. The molecule has 1 amide bonds. The van der Waals surface area contributed by atoms with Gasteiger partial charge < -0.3 is 20.3 Å². The monoisotopic (exact) mass is 844 g/mol. The minimum atomic E-state index is -0.855. The van der Waals surface area contributed by atoms with Gasteiger partial charge in [-0.3, -0.25) is 9.59 Å². The molecular weight excluding hydrogens is 743 g/mol. The number of esters is 1. The molecule has 6 nitrogen and oxygen atoms in total. The summed E-state index contributed by atoms with van der Waals surface area (Å²) < 4.78 is 5.46. The summed E-state index contributed by atoms with van der Waals surface area (Å²) >= 11 is 0. The van der Waals surface area contributed by atoms with E-state index in [4.69, 9.17) is 4.74 Å². The third kappa shape index (κ3) is 45.6. The lowest BCUT2D eigenvalue weighted by atomic mass is 10.0. The Morgan fingerprint density at radius 1 is 0.467 bits per heavy atom. The van der Waals surface area contributed by atoms with Gasteiger partial charge in [0.25, 0.3) is 0 Å². The van der Waals surface area contributed by atoms with Gasteiger partial charge in [-0.05, 0) is 64.2 Å². The van der Waals surface area contributed by atoms with Gasteiger partial charge in [0.05, 0.1) is 25.4 Å². The Morgan fingerprint density at radius 2 is 0.833 bits per heavy atom. The molecule has 0 bridgehead atoms. The van der Waals surface area contributed by atoms with E-state index in [1.807, 2.05) is 6.08 Å². The fraction of sp³-hybridized carbons (Fsp3) is 0.852. The first-order chi connectivity index (χ1) is 29.5. The third-order valence-corrected chi connectivity index (χ3v) is 11.9. The van der Waals surface area contributed by atoms with Crippen LogP contribution < -0.4 is 5.32 Å². The molecule has 0 heterocycles. The summed E-state index contributed by atoms with van der Waals surface area (Å²) in [5.41, 5.74) is 0. The Morgan fingerprint density at radius 3 is 1.30 bits per heavy atom. The lowest BCUT2D eigenvalue weighted by Gasteiger charge is -2.20.